The van der Waals surface area contributed by atoms with Gasteiger partial charge in [-0.15, -0.1) is 0 Å². The van der Waals surface area contributed by atoms with E-state index in [0.29, 0.717) is 0 Å². The SMILES string of the molecule is Cc1nn(C)c(C)c1/C=C/C(=O)N(C)C1CCCCC1O. The first-order chi connectivity index (χ1) is 9.91. The lowest BCUT2D eigenvalue weighted by Crippen LogP contribution is -2.45. The molecule has 1 aliphatic carbocycles. The third-order valence-electron chi connectivity index (χ3n) is 4.50. The van der Waals surface area contributed by atoms with Gasteiger partial charge in [-0.2, -0.15) is 5.10 Å². The smallest absolute Gasteiger partial charge is 0.246 e. The van der Waals surface area contributed by atoms with Gasteiger partial charge in [0.15, 0.2) is 0 Å². The zero-order valence-electron chi connectivity index (χ0n) is 13.3. The van der Waals surface area contributed by atoms with Crippen molar-refractivity contribution >= 4 is 12.0 Å². The summed E-state index contributed by atoms with van der Waals surface area (Å²) in [6.45, 7) is 3.92. The fourth-order valence-corrected chi connectivity index (χ4v) is 3.01. The van der Waals surface area contributed by atoms with Gasteiger partial charge in [-0.25, -0.2) is 0 Å². The Labute approximate surface area is 126 Å². The number of rotatable bonds is 3. The number of amides is 1. The van der Waals surface area contributed by atoms with Crippen LogP contribution in [-0.4, -0.2) is 44.9 Å². The Morgan fingerprint density at radius 1 is 1.38 bits per heavy atom. The monoisotopic (exact) mass is 291 g/mol. The van der Waals surface area contributed by atoms with Crippen molar-refractivity contribution in [2.24, 2.45) is 7.05 Å². The molecule has 1 amide bonds. The van der Waals surface area contributed by atoms with Crippen LogP contribution in [0.5, 0.6) is 0 Å². The van der Waals surface area contributed by atoms with Crippen LogP contribution < -0.4 is 0 Å². The van der Waals surface area contributed by atoms with Crippen LogP contribution in [0.2, 0.25) is 0 Å². The number of carbonyl (C=O) groups is 1. The molecule has 0 saturated heterocycles. The van der Waals surface area contributed by atoms with E-state index in [2.05, 4.69) is 5.10 Å². The first-order valence-corrected chi connectivity index (χ1v) is 7.55. The highest BCUT2D eigenvalue weighted by Gasteiger charge is 2.28. The van der Waals surface area contributed by atoms with Crippen LogP contribution in [0.3, 0.4) is 0 Å². The highest BCUT2D eigenvalue weighted by molar-refractivity contribution is 5.92. The normalized spacial score (nSPS) is 22.7. The van der Waals surface area contributed by atoms with E-state index in [0.717, 1.165) is 42.6 Å². The molecule has 1 N–H and O–H groups in total. The Bertz CT molecular complexity index is 548. The fraction of sp³-hybridized carbons (Fsp3) is 0.625. The zero-order valence-corrected chi connectivity index (χ0v) is 13.3. The Morgan fingerprint density at radius 2 is 2.05 bits per heavy atom. The van der Waals surface area contributed by atoms with Crippen molar-refractivity contribution in [3.63, 3.8) is 0 Å². The molecule has 0 bridgehead atoms. The number of carbonyl (C=O) groups excluding carboxylic acids is 1. The maximum absolute atomic E-state index is 12.3. The van der Waals surface area contributed by atoms with Crippen LogP contribution in [0, 0.1) is 13.8 Å². The Balaban J connectivity index is 2.08. The van der Waals surface area contributed by atoms with Gasteiger partial charge >= 0.3 is 0 Å². The molecule has 0 aromatic carbocycles. The lowest BCUT2D eigenvalue weighted by molar-refractivity contribution is -0.130. The summed E-state index contributed by atoms with van der Waals surface area (Å²) in [5.74, 6) is -0.0661. The minimum atomic E-state index is -0.400. The molecule has 1 aromatic rings. The number of likely N-dealkylation sites (N-methyl/N-ethyl adjacent to an activating group) is 1. The van der Waals surface area contributed by atoms with Gasteiger partial charge in [-0.1, -0.05) is 12.8 Å². The van der Waals surface area contributed by atoms with Crippen molar-refractivity contribution in [1.29, 1.82) is 0 Å². The molecule has 2 rings (SSSR count). The predicted molar refractivity (Wildman–Crippen MR) is 82.7 cm³/mol. The molecular formula is C16H25N3O2. The molecule has 2 unspecified atom stereocenters. The second-order valence-electron chi connectivity index (χ2n) is 5.91. The Morgan fingerprint density at radius 3 is 2.62 bits per heavy atom. The predicted octanol–water partition coefficient (Wildman–Crippen LogP) is 1.81. The van der Waals surface area contributed by atoms with Gasteiger partial charge in [0, 0.05) is 31.4 Å². The van der Waals surface area contributed by atoms with E-state index < -0.39 is 6.10 Å². The molecule has 1 fully saturated rings. The number of nitrogens with zero attached hydrogens (tertiary/aromatic N) is 3. The number of aliphatic hydroxyl groups is 1. The van der Waals surface area contributed by atoms with Crippen LogP contribution >= 0.6 is 0 Å². The summed E-state index contributed by atoms with van der Waals surface area (Å²) in [4.78, 5) is 14.0. The van der Waals surface area contributed by atoms with E-state index in [-0.39, 0.29) is 11.9 Å². The number of hydrogen-bond acceptors (Lipinski definition) is 3. The number of aliphatic hydroxyl groups excluding tert-OH is 1. The van der Waals surface area contributed by atoms with E-state index in [1.807, 2.05) is 31.7 Å². The number of aryl methyl sites for hydroxylation is 2. The van der Waals surface area contributed by atoms with E-state index >= 15 is 0 Å². The summed E-state index contributed by atoms with van der Waals surface area (Å²) >= 11 is 0. The molecule has 1 saturated carbocycles. The van der Waals surface area contributed by atoms with Gasteiger partial charge in [0.1, 0.15) is 0 Å². The van der Waals surface area contributed by atoms with Crippen LogP contribution in [0.1, 0.15) is 42.6 Å². The van der Waals surface area contributed by atoms with Gasteiger partial charge in [-0.05, 0) is 32.8 Å². The molecule has 0 aliphatic heterocycles. The van der Waals surface area contributed by atoms with E-state index in [1.54, 1.807) is 18.0 Å². The van der Waals surface area contributed by atoms with Crippen LogP contribution in [0.25, 0.3) is 6.08 Å². The summed E-state index contributed by atoms with van der Waals surface area (Å²) in [5, 5.41) is 14.4. The highest BCUT2D eigenvalue weighted by atomic mass is 16.3. The average Bonchev–Trinajstić information content (AvgIpc) is 2.69. The maximum Gasteiger partial charge on any atom is 0.246 e. The van der Waals surface area contributed by atoms with E-state index in [4.69, 9.17) is 0 Å². The summed E-state index contributed by atoms with van der Waals surface area (Å²) in [5.41, 5.74) is 2.94. The Hall–Kier alpha value is -1.62. The quantitative estimate of drug-likeness (QED) is 0.864. The van der Waals surface area contributed by atoms with Gasteiger partial charge in [0.25, 0.3) is 0 Å². The molecule has 1 aromatic heterocycles. The van der Waals surface area contributed by atoms with Crippen LogP contribution in [0.15, 0.2) is 6.08 Å². The topological polar surface area (TPSA) is 58.4 Å². The minimum absolute atomic E-state index is 0.0630. The summed E-state index contributed by atoms with van der Waals surface area (Å²) < 4.78 is 1.81. The average molecular weight is 291 g/mol. The highest BCUT2D eigenvalue weighted by Crippen LogP contribution is 2.23. The summed E-state index contributed by atoms with van der Waals surface area (Å²) in [6, 6.07) is -0.0630. The first kappa shape index (κ1) is 15.8. The van der Waals surface area contributed by atoms with Crippen molar-refractivity contribution in [3.8, 4) is 0 Å². The third kappa shape index (κ3) is 3.35. The standard InChI is InChI=1S/C16H25N3O2/c1-11-13(12(2)19(4)17-11)9-10-16(21)18(3)14-7-5-6-8-15(14)20/h9-10,14-15,20H,5-8H2,1-4H3/b10-9+. The summed E-state index contributed by atoms with van der Waals surface area (Å²) in [6.07, 6.45) is 6.79. The largest absolute Gasteiger partial charge is 0.391 e. The molecule has 116 valence electrons. The first-order valence-electron chi connectivity index (χ1n) is 7.55. The number of aromatic nitrogens is 2. The summed E-state index contributed by atoms with van der Waals surface area (Å²) in [7, 11) is 3.67. The lowest BCUT2D eigenvalue weighted by Gasteiger charge is -2.34. The van der Waals surface area contributed by atoms with Crippen molar-refractivity contribution in [3.05, 3.63) is 23.0 Å². The van der Waals surface area contributed by atoms with Gasteiger partial charge < -0.3 is 10.0 Å². The minimum Gasteiger partial charge on any atom is -0.391 e. The van der Waals surface area contributed by atoms with Crippen LogP contribution in [-0.2, 0) is 11.8 Å². The molecule has 21 heavy (non-hydrogen) atoms. The molecule has 0 spiro atoms. The zero-order chi connectivity index (χ0) is 15.6. The fourth-order valence-electron chi connectivity index (χ4n) is 3.01. The molecule has 1 aliphatic rings. The van der Waals surface area contributed by atoms with E-state index in [1.165, 1.54) is 0 Å². The molecule has 2 atom stereocenters. The molecular weight excluding hydrogens is 266 g/mol. The van der Waals surface area contributed by atoms with Crippen molar-refractivity contribution in [2.45, 2.75) is 51.7 Å². The second kappa shape index (κ2) is 6.43. The molecule has 5 heteroatoms. The molecule has 1 heterocycles. The van der Waals surface area contributed by atoms with Crippen molar-refractivity contribution in [1.82, 2.24) is 14.7 Å². The molecule has 0 radical (unpaired) electrons. The van der Waals surface area contributed by atoms with Crippen molar-refractivity contribution in [2.75, 3.05) is 7.05 Å². The molecule has 5 nitrogen and oxygen atoms in total. The van der Waals surface area contributed by atoms with Crippen LogP contribution in [0.4, 0.5) is 0 Å². The van der Waals surface area contributed by atoms with E-state index in [9.17, 15) is 9.90 Å². The van der Waals surface area contributed by atoms with Gasteiger partial charge in [0.2, 0.25) is 5.91 Å². The second-order valence-corrected chi connectivity index (χ2v) is 5.91. The lowest BCUT2D eigenvalue weighted by atomic mass is 9.91. The van der Waals surface area contributed by atoms with Gasteiger partial charge in [-0.3, -0.25) is 9.48 Å². The van der Waals surface area contributed by atoms with Crippen molar-refractivity contribution < 1.29 is 9.90 Å². The number of hydrogen-bond donors (Lipinski definition) is 1. The third-order valence-corrected chi connectivity index (χ3v) is 4.50. The maximum atomic E-state index is 12.3. The Kier molecular flexibility index (Phi) is 4.83. The van der Waals surface area contributed by atoms with Gasteiger partial charge in [0.05, 0.1) is 17.8 Å².